The van der Waals surface area contributed by atoms with Gasteiger partial charge in [0.1, 0.15) is 0 Å². The minimum absolute atomic E-state index is 0.0449. The highest BCUT2D eigenvalue weighted by atomic mass is 15.3. The second kappa shape index (κ2) is 4.88. The lowest BCUT2D eigenvalue weighted by atomic mass is 10.0. The molecule has 0 bridgehead atoms. The van der Waals surface area contributed by atoms with E-state index in [4.69, 9.17) is 5.73 Å². The molecule has 0 aliphatic heterocycles. The molecule has 0 spiro atoms. The number of nitrogens with two attached hydrogens (primary N) is 1. The van der Waals surface area contributed by atoms with Crippen LogP contribution in [-0.2, 0) is 7.05 Å². The van der Waals surface area contributed by atoms with Gasteiger partial charge in [-0.05, 0) is 24.8 Å². The van der Waals surface area contributed by atoms with Gasteiger partial charge in [0.05, 0.1) is 11.2 Å². The second-order valence-electron chi connectivity index (χ2n) is 5.10. The molecule has 2 rings (SSSR count). The predicted molar refractivity (Wildman–Crippen MR) is 71.7 cm³/mol. The molecule has 0 aliphatic rings. The summed E-state index contributed by atoms with van der Waals surface area (Å²) in [5, 5.41) is 5.75. The van der Waals surface area contributed by atoms with Crippen molar-refractivity contribution in [3.8, 4) is 0 Å². The fraction of sp³-hybridized carbons (Fsp3) is 0.500. The number of aryl methyl sites for hydroxylation is 1. The monoisotopic (exact) mass is 231 g/mol. The van der Waals surface area contributed by atoms with Crippen LogP contribution >= 0.6 is 0 Å². The average molecular weight is 231 g/mol. The summed E-state index contributed by atoms with van der Waals surface area (Å²) in [6.45, 7) is 4.45. The third-order valence-corrected chi connectivity index (χ3v) is 3.19. The van der Waals surface area contributed by atoms with Crippen molar-refractivity contribution in [1.29, 1.82) is 0 Å². The summed E-state index contributed by atoms with van der Waals surface area (Å²) in [5.74, 6) is 0.691. The Morgan fingerprint density at radius 1 is 1.24 bits per heavy atom. The molecule has 0 fully saturated rings. The highest BCUT2D eigenvalue weighted by molar-refractivity contribution is 5.82. The zero-order chi connectivity index (χ0) is 12.4. The van der Waals surface area contributed by atoms with E-state index in [1.54, 1.807) is 0 Å². The minimum Gasteiger partial charge on any atom is -0.323 e. The molecular weight excluding hydrogens is 210 g/mol. The van der Waals surface area contributed by atoms with Gasteiger partial charge in [0, 0.05) is 18.5 Å². The van der Waals surface area contributed by atoms with Crippen LogP contribution in [0.1, 0.15) is 38.4 Å². The molecule has 2 N–H and O–H groups in total. The highest BCUT2D eigenvalue weighted by Crippen LogP contribution is 2.25. The van der Waals surface area contributed by atoms with Crippen molar-refractivity contribution in [2.75, 3.05) is 0 Å². The van der Waals surface area contributed by atoms with E-state index in [2.05, 4.69) is 31.1 Å². The maximum atomic E-state index is 6.25. The zero-order valence-corrected chi connectivity index (χ0v) is 10.9. The summed E-state index contributed by atoms with van der Waals surface area (Å²) in [6, 6.07) is 8.31. The van der Waals surface area contributed by atoms with Crippen molar-refractivity contribution in [3.63, 3.8) is 0 Å². The van der Waals surface area contributed by atoms with Crippen LogP contribution < -0.4 is 5.73 Å². The normalized spacial score (nSPS) is 13.5. The second-order valence-corrected chi connectivity index (χ2v) is 5.10. The number of benzene rings is 1. The third kappa shape index (κ3) is 2.50. The fourth-order valence-electron chi connectivity index (χ4n) is 2.17. The molecule has 3 nitrogen and oxygen atoms in total. The Hall–Kier alpha value is -1.35. The van der Waals surface area contributed by atoms with Gasteiger partial charge in [-0.2, -0.15) is 5.10 Å². The van der Waals surface area contributed by atoms with Crippen molar-refractivity contribution in [2.24, 2.45) is 18.7 Å². The van der Waals surface area contributed by atoms with Crippen LogP contribution in [0.15, 0.2) is 24.3 Å². The van der Waals surface area contributed by atoms with Crippen molar-refractivity contribution < 1.29 is 0 Å². The van der Waals surface area contributed by atoms with Crippen LogP contribution in [0.25, 0.3) is 10.9 Å². The van der Waals surface area contributed by atoms with E-state index in [1.807, 2.05) is 23.9 Å². The summed E-state index contributed by atoms with van der Waals surface area (Å²) in [7, 11) is 1.97. The van der Waals surface area contributed by atoms with Crippen LogP contribution in [0, 0.1) is 5.92 Å². The lowest BCUT2D eigenvalue weighted by molar-refractivity contribution is 0.499. The maximum Gasteiger partial charge on any atom is 0.0870 e. The van der Waals surface area contributed by atoms with E-state index < -0.39 is 0 Å². The standard InChI is InChI=1S/C14H21N3/c1-10(2)8-9-12(15)14-11-6-4-5-7-13(11)17(3)16-14/h4-7,10,12H,8-9,15H2,1-3H3. The molecular formula is C14H21N3. The molecule has 0 saturated heterocycles. The van der Waals surface area contributed by atoms with E-state index in [0.717, 1.165) is 24.1 Å². The fourth-order valence-corrected chi connectivity index (χ4v) is 2.17. The summed E-state index contributed by atoms with van der Waals surface area (Å²) >= 11 is 0. The van der Waals surface area contributed by atoms with Gasteiger partial charge in [-0.3, -0.25) is 4.68 Å². The number of fused-ring (bicyclic) bond motifs is 1. The molecule has 0 amide bonds. The van der Waals surface area contributed by atoms with Crippen molar-refractivity contribution in [2.45, 2.75) is 32.7 Å². The van der Waals surface area contributed by atoms with Gasteiger partial charge in [0.25, 0.3) is 0 Å². The molecule has 92 valence electrons. The molecule has 0 saturated carbocycles. The molecule has 0 radical (unpaired) electrons. The Morgan fingerprint density at radius 3 is 2.65 bits per heavy atom. The molecule has 3 heteroatoms. The van der Waals surface area contributed by atoms with E-state index in [-0.39, 0.29) is 6.04 Å². The first-order valence-electron chi connectivity index (χ1n) is 6.26. The van der Waals surface area contributed by atoms with Gasteiger partial charge in [0.2, 0.25) is 0 Å². The number of hydrogen-bond acceptors (Lipinski definition) is 2. The number of nitrogens with zero attached hydrogens (tertiary/aromatic N) is 2. The van der Waals surface area contributed by atoms with Crippen LogP contribution in [0.5, 0.6) is 0 Å². The van der Waals surface area contributed by atoms with Crippen molar-refractivity contribution >= 4 is 10.9 Å². The first-order chi connectivity index (χ1) is 8.09. The Kier molecular flexibility index (Phi) is 3.48. The molecule has 0 aliphatic carbocycles. The largest absolute Gasteiger partial charge is 0.323 e. The summed E-state index contributed by atoms with van der Waals surface area (Å²) in [4.78, 5) is 0. The first kappa shape index (κ1) is 12.1. The van der Waals surface area contributed by atoms with Crippen LogP contribution in [0.2, 0.25) is 0 Å². The van der Waals surface area contributed by atoms with E-state index in [1.165, 1.54) is 5.39 Å². The minimum atomic E-state index is 0.0449. The number of para-hydroxylation sites is 1. The van der Waals surface area contributed by atoms with E-state index in [9.17, 15) is 0 Å². The molecule has 1 aromatic carbocycles. The lowest BCUT2D eigenvalue weighted by Crippen LogP contribution is -2.12. The lowest BCUT2D eigenvalue weighted by Gasteiger charge is -2.11. The Morgan fingerprint density at radius 2 is 1.94 bits per heavy atom. The molecule has 1 atom stereocenters. The van der Waals surface area contributed by atoms with Gasteiger partial charge >= 0.3 is 0 Å². The average Bonchev–Trinajstić information content (AvgIpc) is 2.65. The Balaban J connectivity index is 2.29. The van der Waals surface area contributed by atoms with Crippen LogP contribution in [0.3, 0.4) is 0 Å². The number of aromatic nitrogens is 2. The summed E-state index contributed by atoms with van der Waals surface area (Å²) < 4.78 is 1.92. The van der Waals surface area contributed by atoms with Crippen molar-refractivity contribution in [3.05, 3.63) is 30.0 Å². The summed E-state index contributed by atoms with van der Waals surface area (Å²) in [6.07, 6.45) is 2.14. The van der Waals surface area contributed by atoms with E-state index >= 15 is 0 Å². The van der Waals surface area contributed by atoms with E-state index in [0.29, 0.717) is 5.92 Å². The molecule has 2 aromatic rings. The quantitative estimate of drug-likeness (QED) is 0.879. The van der Waals surface area contributed by atoms with Crippen LogP contribution in [0.4, 0.5) is 0 Å². The highest BCUT2D eigenvalue weighted by Gasteiger charge is 2.15. The molecule has 1 heterocycles. The van der Waals surface area contributed by atoms with Crippen molar-refractivity contribution in [1.82, 2.24) is 9.78 Å². The van der Waals surface area contributed by atoms with Gasteiger partial charge in [-0.1, -0.05) is 32.0 Å². The summed E-state index contributed by atoms with van der Waals surface area (Å²) in [5.41, 5.74) is 8.43. The molecule has 17 heavy (non-hydrogen) atoms. The predicted octanol–water partition coefficient (Wildman–Crippen LogP) is 3.01. The molecule has 1 unspecified atom stereocenters. The Labute approximate surface area is 103 Å². The molecule has 1 aromatic heterocycles. The van der Waals surface area contributed by atoms with Gasteiger partial charge in [0.15, 0.2) is 0 Å². The topological polar surface area (TPSA) is 43.8 Å². The SMILES string of the molecule is CC(C)CCC(N)c1nn(C)c2ccccc12. The number of rotatable bonds is 4. The van der Waals surface area contributed by atoms with Gasteiger partial charge in [-0.25, -0.2) is 0 Å². The first-order valence-corrected chi connectivity index (χ1v) is 6.26. The zero-order valence-electron chi connectivity index (χ0n) is 10.9. The van der Waals surface area contributed by atoms with Gasteiger partial charge < -0.3 is 5.73 Å². The maximum absolute atomic E-state index is 6.25. The third-order valence-electron chi connectivity index (χ3n) is 3.19. The number of hydrogen-bond donors (Lipinski definition) is 1. The Bertz CT molecular complexity index is 499. The smallest absolute Gasteiger partial charge is 0.0870 e. The van der Waals surface area contributed by atoms with Crippen LogP contribution in [-0.4, -0.2) is 9.78 Å². The van der Waals surface area contributed by atoms with Gasteiger partial charge in [-0.15, -0.1) is 0 Å².